The lowest BCUT2D eigenvalue weighted by atomic mass is 10.1. The van der Waals surface area contributed by atoms with E-state index in [1.54, 1.807) is 17.5 Å². The Morgan fingerprint density at radius 2 is 2.22 bits per heavy atom. The summed E-state index contributed by atoms with van der Waals surface area (Å²) >= 11 is 1.60. The number of unbranched alkanes of at least 4 members (excludes halogenated alkanes) is 1. The first-order valence-corrected chi connectivity index (χ1v) is 8.52. The van der Waals surface area contributed by atoms with Crippen molar-refractivity contribution in [3.05, 3.63) is 53.5 Å². The summed E-state index contributed by atoms with van der Waals surface area (Å²) in [6, 6.07) is 7.92. The van der Waals surface area contributed by atoms with Gasteiger partial charge in [-0.1, -0.05) is 17.3 Å². The SMILES string of the molecule is [NH3+]CCCC/C(=C\c1cccnc1)c1nc(-c2cccs2)no1. The summed E-state index contributed by atoms with van der Waals surface area (Å²) in [5.41, 5.74) is 5.98. The zero-order chi connectivity index (χ0) is 15.9. The molecule has 0 bridgehead atoms. The molecule has 0 aliphatic rings. The number of quaternary nitrogens is 1. The monoisotopic (exact) mass is 327 g/mol. The molecule has 0 aromatic carbocycles. The number of allylic oxidation sites excluding steroid dienone is 1. The molecule has 0 atom stereocenters. The topological polar surface area (TPSA) is 79.5 Å². The van der Waals surface area contributed by atoms with Crippen LogP contribution in [0.15, 0.2) is 46.6 Å². The second-order valence-corrected chi connectivity index (χ2v) is 6.11. The van der Waals surface area contributed by atoms with Crippen molar-refractivity contribution in [1.29, 1.82) is 0 Å². The second-order valence-electron chi connectivity index (χ2n) is 5.17. The second kappa shape index (κ2) is 7.80. The highest BCUT2D eigenvalue weighted by atomic mass is 32.1. The molecule has 0 amide bonds. The van der Waals surface area contributed by atoms with Crippen LogP contribution in [0.4, 0.5) is 0 Å². The van der Waals surface area contributed by atoms with Crippen molar-refractivity contribution in [3.63, 3.8) is 0 Å². The third-order valence-corrected chi connectivity index (χ3v) is 4.28. The predicted octanol–water partition coefficient (Wildman–Crippen LogP) is 3.15. The Morgan fingerprint density at radius 1 is 1.26 bits per heavy atom. The van der Waals surface area contributed by atoms with Crippen molar-refractivity contribution in [3.8, 4) is 10.7 Å². The fourth-order valence-electron chi connectivity index (χ4n) is 2.26. The minimum atomic E-state index is 0.585. The van der Waals surface area contributed by atoms with Crippen molar-refractivity contribution in [2.45, 2.75) is 19.3 Å². The standard InChI is InChI=1S/C17H18N4OS/c18-8-2-1-6-14(11-13-5-3-9-19-12-13)17-20-16(21-22-17)15-7-4-10-23-15/h3-5,7,9-12H,1-2,6,8,18H2/p+1/b14-11+. The molecule has 5 nitrogen and oxygen atoms in total. The number of thiophene rings is 1. The molecule has 6 heteroatoms. The third-order valence-electron chi connectivity index (χ3n) is 3.41. The van der Waals surface area contributed by atoms with Gasteiger partial charge in [0.1, 0.15) is 0 Å². The molecule has 3 rings (SSSR count). The van der Waals surface area contributed by atoms with E-state index in [0.29, 0.717) is 11.7 Å². The van der Waals surface area contributed by atoms with E-state index in [2.05, 4.69) is 26.9 Å². The number of nitrogens with zero attached hydrogens (tertiary/aromatic N) is 3. The summed E-state index contributed by atoms with van der Waals surface area (Å²) in [7, 11) is 0. The van der Waals surface area contributed by atoms with Gasteiger partial charge in [-0.15, -0.1) is 11.3 Å². The highest BCUT2D eigenvalue weighted by Crippen LogP contribution is 2.26. The molecule has 0 aliphatic heterocycles. The van der Waals surface area contributed by atoms with Crippen molar-refractivity contribution in [1.82, 2.24) is 15.1 Å². The van der Waals surface area contributed by atoms with Crippen molar-refractivity contribution >= 4 is 23.0 Å². The van der Waals surface area contributed by atoms with Gasteiger partial charge in [0.15, 0.2) is 0 Å². The third kappa shape index (κ3) is 4.12. The smallest absolute Gasteiger partial charge is 0.254 e. The van der Waals surface area contributed by atoms with Gasteiger partial charge >= 0.3 is 0 Å². The van der Waals surface area contributed by atoms with E-state index in [1.165, 1.54) is 0 Å². The van der Waals surface area contributed by atoms with Gasteiger partial charge in [0, 0.05) is 18.0 Å². The van der Waals surface area contributed by atoms with Gasteiger partial charge in [0.2, 0.25) is 5.82 Å². The molecule has 0 aliphatic carbocycles. The maximum absolute atomic E-state index is 5.49. The molecular weight excluding hydrogens is 308 g/mol. The molecule has 0 saturated heterocycles. The predicted molar refractivity (Wildman–Crippen MR) is 91.3 cm³/mol. The van der Waals surface area contributed by atoms with Gasteiger partial charge < -0.3 is 10.3 Å². The van der Waals surface area contributed by atoms with E-state index >= 15 is 0 Å². The number of pyridine rings is 1. The highest BCUT2D eigenvalue weighted by molar-refractivity contribution is 7.13. The Hall–Kier alpha value is -2.31. The van der Waals surface area contributed by atoms with Gasteiger partial charge in [-0.05, 0) is 48.4 Å². The number of aromatic nitrogens is 3. The summed E-state index contributed by atoms with van der Waals surface area (Å²) in [6.07, 6.45) is 8.68. The van der Waals surface area contributed by atoms with E-state index in [-0.39, 0.29) is 0 Å². The van der Waals surface area contributed by atoms with Crippen LogP contribution in [-0.4, -0.2) is 21.7 Å². The molecule has 118 valence electrons. The van der Waals surface area contributed by atoms with Gasteiger partial charge in [0.25, 0.3) is 5.89 Å². The minimum absolute atomic E-state index is 0.585. The molecule has 0 radical (unpaired) electrons. The van der Waals surface area contributed by atoms with Crippen LogP contribution in [0.2, 0.25) is 0 Å². The van der Waals surface area contributed by atoms with Crippen LogP contribution in [0.5, 0.6) is 0 Å². The van der Waals surface area contributed by atoms with Gasteiger partial charge in [0.05, 0.1) is 11.4 Å². The van der Waals surface area contributed by atoms with Crippen LogP contribution in [0.3, 0.4) is 0 Å². The van der Waals surface area contributed by atoms with Crippen LogP contribution >= 0.6 is 11.3 Å². The normalized spacial score (nSPS) is 11.8. The Labute approximate surface area is 138 Å². The summed E-state index contributed by atoms with van der Waals surface area (Å²) in [4.78, 5) is 9.72. The summed E-state index contributed by atoms with van der Waals surface area (Å²) in [5, 5.41) is 6.11. The Bertz CT molecular complexity index is 750. The average molecular weight is 327 g/mol. The van der Waals surface area contributed by atoms with Gasteiger partial charge in [-0.3, -0.25) is 4.98 Å². The first kappa shape index (κ1) is 15.6. The summed E-state index contributed by atoms with van der Waals surface area (Å²) < 4.78 is 5.49. The number of hydrogen-bond acceptors (Lipinski definition) is 5. The molecule has 3 heterocycles. The van der Waals surface area contributed by atoms with E-state index in [0.717, 1.165) is 41.8 Å². The van der Waals surface area contributed by atoms with Crippen LogP contribution < -0.4 is 5.73 Å². The van der Waals surface area contributed by atoms with Crippen LogP contribution in [0.25, 0.3) is 22.4 Å². The van der Waals surface area contributed by atoms with E-state index in [1.807, 2.05) is 35.8 Å². The van der Waals surface area contributed by atoms with Crippen LogP contribution in [-0.2, 0) is 0 Å². The first-order valence-electron chi connectivity index (χ1n) is 7.64. The van der Waals surface area contributed by atoms with Gasteiger partial charge in [-0.2, -0.15) is 4.98 Å². The first-order chi connectivity index (χ1) is 11.4. The quantitative estimate of drug-likeness (QED) is 0.676. The highest BCUT2D eigenvalue weighted by Gasteiger charge is 2.13. The number of rotatable bonds is 7. The molecule has 3 N–H and O–H groups in total. The summed E-state index contributed by atoms with van der Waals surface area (Å²) in [5.74, 6) is 1.23. The Morgan fingerprint density at radius 3 is 2.96 bits per heavy atom. The maximum atomic E-state index is 5.49. The molecule has 0 fully saturated rings. The molecule has 0 saturated carbocycles. The van der Waals surface area contributed by atoms with Crippen LogP contribution in [0, 0.1) is 0 Å². The zero-order valence-electron chi connectivity index (χ0n) is 12.8. The average Bonchev–Trinajstić information content (AvgIpc) is 3.26. The zero-order valence-corrected chi connectivity index (χ0v) is 13.6. The van der Waals surface area contributed by atoms with Crippen molar-refractivity contribution in [2.75, 3.05) is 6.54 Å². The van der Waals surface area contributed by atoms with E-state index in [9.17, 15) is 0 Å². The van der Waals surface area contributed by atoms with Crippen molar-refractivity contribution < 1.29 is 10.3 Å². The fraction of sp³-hybridized carbons (Fsp3) is 0.235. The lowest BCUT2D eigenvalue weighted by Gasteiger charge is -2.02. The number of hydrogen-bond donors (Lipinski definition) is 1. The molecule has 3 aromatic rings. The lowest BCUT2D eigenvalue weighted by molar-refractivity contribution is -0.368. The Balaban J connectivity index is 1.87. The van der Waals surface area contributed by atoms with Crippen LogP contribution in [0.1, 0.15) is 30.7 Å². The molecule has 0 unspecified atom stereocenters. The maximum Gasteiger partial charge on any atom is 0.254 e. The van der Waals surface area contributed by atoms with E-state index < -0.39 is 0 Å². The fourth-order valence-corrected chi connectivity index (χ4v) is 2.90. The molecule has 0 spiro atoms. The van der Waals surface area contributed by atoms with Gasteiger partial charge in [-0.25, -0.2) is 0 Å². The largest absolute Gasteiger partial charge is 0.358 e. The lowest BCUT2D eigenvalue weighted by Crippen LogP contribution is -2.50. The molecule has 23 heavy (non-hydrogen) atoms. The van der Waals surface area contributed by atoms with Crippen molar-refractivity contribution in [2.24, 2.45) is 0 Å². The minimum Gasteiger partial charge on any atom is -0.358 e. The molecular formula is C17H19N4OS+. The Kier molecular flexibility index (Phi) is 5.29. The van der Waals surface area contributed by atoms with E-state index in [4.69, 9.17) is 4.52 Å². The molecule has 3 aromatic heterocycles. The summed E-state index contributed by atoms with van der Waals surface area (Å²) in [6.45, 7) is 0.935.